The lowest BCUT2D eigenvalue weighted by atomic mass is 10.6. The van der Waals surface area contributed by atoms with Crippen LogP contribution in [0.25, 0.3) is 0 Å². The zero-order chi connectivity index (χ0) is 17.1. The van der Waals surface area contributed by atoms with Crippen LogP contribution < -0.4 is 5.32 Å². The van der Waals surface area contributed by atoms with Crippen molar-refractivity contribution in [2.75, 3.05) is 19.0 Å². The number of carbonyl (C=O) groups excluding carboxylic acids is 3. The summed E-state index contributed by atoms with van der Waals surface area (Å²) in [6.07, 6.45) is 2.52. The van der Waals surface area contributed by atoms with E-state index in [0.717, 1.165) is 19.0 Å². The number of carbonyl (C=O) groups is 3. The first-order valence-corrected chi connectivity index (χ1v) is 7.20. The van der Waals surface area contributed by atoms with Gasteiger partial charge in [-0.25, -0.2) is 4.98 Å². The van der Waals surface area contributed by atoms with Gasteiger partial charge in [0.1, 0.15) is 12.0 Å². The van der Waals surface area contributed by atoms with Crippen molar-refractivity contribution < 1.29 is 19.1 Å². The minimum absolute atomic E-state index is 0.319. The molecule has 0 radical (unpaired) electrons. The molecule has 0 aliphatic carbocycles. The summed E-state index contributed by atoms with van der Waals surface area (Å²) in [5.41, 5.74) is 0.319. The second-order valence-electron chi connectivity index (χ2n) is 2.70. The molecular formula is C14H24N2O4S. The van der Waals surface area contributed by atoms with Gasteiger partial charge in [0.25, 0.3) is 0 Å². The number of anilines is 1. The van der Waals surface area contributed by atoms with Gasteiger partial charge in [-0.15, -0.1) is 11.3 Å². The quantitative estimate of drug-likeness (QED) is 0.682. The molecule has 0 spiro atoms. The number of nitrogens with one attached hydrogen (secondary N) is 1. The molecule has 0 bridgehead atoms. The van der Waals surface area contributed by atoms with Crippen molar-refractivity contribution in [1.82, 2.24) is 4.98 Å². The molecule has 21 heavy (non-hydrogen) atoms. The molecule has 0 saturated heterocycles. The number of amides is 1. The Morgan fingerprint density at radius 1 is 1.48 bits per heavy atom. The Labute approximate surface area is 130 Å². The van der Waals surface area contributed by atoms with Gasteiger partial charge in [-0.1, -0.05) is 20.4 Å². The molecule has 120 valence electrons. The van der Waals surface area contributed by atoms with Crippen LogP contribution in [0, 0.1) is 0 Å². The third kappa shape index (κ3) is 18.1. The number of nitrogens with zero attached hydrogens (tertiary/aromatic N) is 1. The fourth-order valence-corrected chi connectivity index (χ4v) is 1.21. The predicted octanol–water partition coefficient (Wildman–Crippen LogP) is 2.96. The smallest absolute Gasteiger partial charge is 0.249 e. The van der Waals surface area contributed by atoms with Crippen LogP contribution in [0.3, 0.4) is 0 Å². The molecule has 0 aliphatic rings. The number of thiazole rings is 1. The maximum absolute atomic E-state index is 10.7. The number of methoxy groups -OCH3 is 1. The van der Waals surface area contributed by atoms with Crippen molar-refractivity contribution in [1.29, 1.82) is 0 Å². The first-order chi connectivity index (χ1) is 10.1. The molecule has 1 rings (SSSR count). The van der Waals surface area contributed by atoms with Crippen LogP contribution in [-0.4, -0.2) is 37.2 Å². The number of ether oxygens (including phenoxy) is 1. The summed E-state index contributed by atoms with van der Waals surface area (Å²) >= 11 is 1.20. The zero-order valence-corrected chi connectivity index (χ0v) is 14.0. The summed E-state index contributed by atoms with van der Waals surface area (Å²) in [4.78, 5) is 33.5. The minimum Gasteiger partial charge on any atom is -0.385 e. The van der Waals surface area contributed by atoms with Crippen molar-refractivity contribution in [3.8, 4) is 0 Å². The molecule has 1 aromatic rings. The van der Waals surface area contributed by atoms with Crippen molar-refractivity contribution >= 4 is 34.9 Å². The Hall–Kier alpha value is -1.86. The minimum atomic E-state index is -0.332. The van der Waals surface area contributed by atoms with Crippen molar-refractivity contribution in [2.45, 2.75) is 27.7 Å². The van der Waals surface area contributed by atoms with Crippen LogP contribution in [0.4, 0.5) is 5.13 Å². The third-order valence-corrected chi connectivity index (χ3v) is 2.12. The van der Waals surface area contributed by atoms with Crippen LogP contribution >= 0.6 is 11.3 Å². The number of aldehydes is 2. The molecular weight excluding hydrogens is 292 g/mol. The Morgan fingerprint density at radius 2 is 1.95 bits per heavy atom. The number of aromatic nitrogens is 1. The van der Waals surface area contributed by atoms with E-state index in [1.54, 1.807) is 12.5 Å². The summed E-state index contributed by atoms with van der Waals surface area (Å²) in [5, 5.41) is 4.40. The number of hydrogen-bond donors (Lipinski definition) is 1. The molecule has 1 amide bonds. The SMILES string of the molecule is C=CC(=O)Nc1nc(C=O)cs1.CC.CC=O.CCOC. The van der Waals surface area contributed by atoms with Gasteiger partial charge in [0, 0.05) is 19.1 Å². The average Bonchev–Trinajstić information content (AvgIpc) is 2.97. The van der Waals surface area contributed by atoms with E-state index < -0.39 is 0 Å². The van der Waals surface area contributed by atoms with Gasteiger partial charge in [-0.05, 0) is 19.9 Å². The maximum atomic E-state index is 10.7. The molecule has 0 aromatic carbocycles. The van der Waals surface area contributed by atoms with E-state index in [-0.39, 0.29) is 5.91 Å². The van der Waals surface area contributed by atoms with Gasteiger partial charge >= 0.3 is 0 Å². The fourth-order valence-electron chi connectivity index (χ4n) is 0.554. The Balaban J connectivity index is -0.000000301. The van der Waals surface area contributed by atoms with Crippen molar-refractivity contribution in [3.05, 3.63) is 23.7 Å². The van der Waals surface area contributed by atoms with Gasteiger partial charge in [-0.2, -0.15) is 0 Å². The normalized spacial score (nSPS) is 7.48. The van der Waals surface area contributed by atoms with Crippen LogP contribution in [0.5, 0.6) is 0 Å². The Bertz CT molecular complexity index is 390. The topological polar surface area (TPSA) is 85.4 Å². The molecule has 0 saturated carbocycles. The van der Waals surface area contributed by atoms with E-state index >= 15 is 0 Å². The van der Waals surface area contributed by atoms with Gasteiger partial charge in [0.2, 0.25) is 5.91 Å². The van der Waals surface area contributed by atoms with Crippen LogP contribution in [0.15, 0.2) is 18.0 Å². The predicted molar refractivity (Wildman–Crippen MR) is 87.0 cm³/mol. The molecule has 1 N–H and O–H groups in total. The second-order valence-corrected chi connectivity index (χ2v) is 3.56. The standard InChI is InChI=1S/C7H6N2O2S.C3H8O.C2H4O.C2H6/c1-2-6(11)9-7-8-5(3-10)4-12-7;1-3-4-2;1-2-3;1-2/h2-4H,1H2,(H,8,9,11);3H2,1-2H3;2H,1H3;1-2H3. The van der Waals surface area contributed by atoms with E-state index in [1.165, 1.54) is 18.3 Å². The molecule has 0 fully saturated rings. The van der Waals surface area contributed by atoms with Crippen molar-refractivity contribution in [3.63, 3.8) is 0 Å². The van der Waals surface area contributed by atoms with Crippen LogP contribution in [-0.2, 0) is 14.3 Å². The summed E-state index contributed by atoms with van der Waals surface area (Å²) in [5.74, 6) is -0.332. The largest absolute Gasteiger partial charge is 0.385 e. The Kier molecular flexibility index (Phi) is 23.6. The van der Waals surface area contributed by atoms with Gasteiger partial charge in [-0.3, -0.25) is 14.9 Å². The first-order valence-electron chi connectivity index (χ1n) is 6.32. The lowest BCUT2D eigenvalue weighted by Crippen LogP contribution is -2.06. The van der Waals surface area contributed by atoms with E-state index in [4.69, 9.17) is 4.79 Å². The highest BCUT2D eigenvalue weighted by atomic mass is 32.1. The van der Waals surface area contributed by atoms with E-state index in [0.29, 0.717) is 17.1 Å². The molecule has 7 heteroatoms. The molecule has 0 atom stereocenters. The lowest BCUT2D eigenvalue weighted by Gasteiger charge is -1.92. The van der Waals surface area contributed by atoms with Crippen LogP contribution in [0.2, 0.25) is 0 Å². The van der Waals surface area contributed by atoms with E-state index in [1.807, 2.05) is 20.8 Å². The summed E-state index contributed by atoms with van der Waals surface area (Å²) in [7, 11) is 1.68. The zero-order valence-electron chi connectivity index (χ0n) is 13.2. The number of rotatable bonds is 4. The average molecular weight is 316 g/mol. The van der Waals surface area contributed by atoms with Gasteiger partial charge in [0.15, 0.2) is 11.4 Å². The summed E-state index contributed by atoms with van der Waals surface area (Å²) in [6.45, 7) is 11.5. The second kappa shape index (κ2) is 20.5. The monoisotopic (exact) mass is 316 g/mol. The summed E-state index contributed by atoms with van der Waals surface area (Å²) < 4.78 is 4.54. The maximum Gasteiger partial charge on any atom is 0.249 e. The first kappa shape index (κ1) is 24.2. The fraction of sp³-hybridized carbons (Fsp3) is 0.429. The molecule has 1 heterocycles. The summed E-state index contributed by atoms with van der Waals surface area (Å²) in [6, 6.07) is 0. The molecule has 1 aromatic heterocycles. The molecule has 0 aliphatic heterocycles. The number of hydrogen-bond acceptors (Lipinski definition) is 6. The lowest BCUT2D eigenvalue weighted by molar-refractivity contribution is -0.112. The van der Waals surface area contributed by atoms with E-state index in [9.17, 15) is 9.59 Å². The van der Waals surface area contributed by atoms with Gasteiger partial charge < -0.3 is 9.53 Å². The molecule has 0 unspecified atom stereocenters. The molecule has 6 nitrogen and oxygen atoms in total. The highest BCUT2D eigenvalue weighted by Gasteiger charge is 2.01. The highest BCUT2D eigenvalue weighted by Crippen LogP contribution is 2.13. The Morgan fingerprint density at radius 3 is 2.24 bits per heavy atom. The van der Waals surface area contributed by atoms with Crippen molar-refractivity contribution in [2.24, 2.45) is 0 Å². The van der Waals surface area contributed by atoms with Crippen LogP contribution in [0.1, 0.15) is 38.2 Å². The third-order valence-electron chi connectivity index (χ3n) is 1.35. The van der Waals surface area contributed by atoms with E-state index in [2.05, 4.69) is 21.6 Å². The van der Waals surface area contributed by atoms with Gasteiger partial charge in [0.05, 0.1) is 0 Å². The highest BCUT2D eigenvalue weighted by molar-refractivity contribution is 7.14.